The minimum Gasteiger partial charge on any atom is -0.0828 e. The molecule has 0 aliphatic heterocycles. The fourth-order valence-corrected chi connectivity index (χ4v) is 2.56. The average molecular weight is 224 g/mol. The molecule has 96 valence electrons. The maximum absolute atomic E-state index is 2.48. The second kappa shape index (κ2) is 8.84. The van der Waals surface area contributed by atoms with Crippen molar-refractivity contribution in [2.75, 3.05) is 0 Å². The van der Waals surface area contributed by atoms with Crippen LogP contribution in [-0.2, 0) is 0 Å². The molecule has 0 fully saturated rings. The van der Waals surface area contributed by atoms with E-state index in [1.54, 1.807) is 0 Å². The Labute approximate surface area is 104 Å². The Morgan fingerprint density at radius 2 is 1.50 bits per heavy atom. The first-order valence-electron chi connectivity index (χ1n) is 7.16. The summed E-state index contributed by atoms with van der Waals surface area (Å²) in [5.74, 6) is 2.56. The van der Waals surface area contributed by atoms with Crippen LogP contribution in [0.15, 0.2) is 11.6 Å². The van der Waals surface area contributed by atoms with Gasteiger partial charge in [0.2, 0.25) is 0 Å². The molecule has 3 unspecified atom stereocenters. The summed E-state index contributed by atoms with van der Waals surface area (Å²) in [6.45, 7) is 13.9. The molecule has 0 radical (unpaired) electrons. The lowest BCUT2D eigenvalue weighted by Crippen LogP contribution is -2.12. The lowest BCUT2D eigenvalue weighted by atomic mass is 9.82. The molecule has 0 aromatic rings. The van der Waals surface area contributed by atoms with Crippen molar-refractivity contribution in [2.24, 2.45) is 17.8 Å². The Bertz CT molecular complexity index is 186. The van der Waals surface area contributed by atoms with Crippen LogP contribution in [0.3, 0.4) is 0 Å². The second-order valence-electron chi connectivity index (χ2n) is 5.77. The molecular weight excluding hydrogens is 192 g/mol. The Morgan fingerprint density at radius 3 is 1.94 bits per heavy atom. The van der Waals surface area contributed by atoms with Gasteiger partial charge in [-0.15, -0.1) is 0 Å². The van der Waals surface area contributed by atoms with Crippen LogP contribution in [0.5, 0.6) is 0 Å². The minimum atomic E-state index is 0.810. The van der Waals surface area contributed by atoms with E-state index in [2.05, 4.69) is 47.6 Å². The van der Waals surface area contributed by atoms with Crippen LogP contribution in [0.1, 0.15) is 73.6 Å². The van der Waals surface area contributed by atoms with Gasteiger partial charge in [-0.05, 0) is 44.4 Å². The maximum Gasteiger partial charge on any atom is -0.0229 e. The van der Waals surface area contributed by atoms with Gasteiger partial charge in [0.15, 0.2) is 0 Å². The van der Waals surface area contributed by atoms with Crippen LogP contribution in [0, 0.1) is 17.8 Å². The zero-order valence-electron chi connectivity index (χ0n) is 12.3. The molecule has 0 aliphatic rings. The molecule has 0 amide bonds. The van der Waals surface area contributed by atoms with Crippen molar-refractivity contribution >= 4 is 0 Å². The third-order valence-electron chi connectivity index (χ3n) is 3.62. The Hall–Kier alpha value is -0.260. The number of hydrogen-bond donors (Lipinski definition) is 0. The average Bonchev–Trinajstić information content (AvgIpc) is 2.17. The van der Waals surface area contributed by atoms with Crippen LogP contribution < -0.4 is 0 Å². The smallest absolute Gasteiger partial charge is 0.0229 e. The molecule has 0 aliphatic carbocycles. The number of rotatable bonds is 8. The van der Waals surface area contributed by atoms with E-state index in [1.807, 2.05) is 0 Å². The zero-order valence-corrected chi connectivity index (χ0v) is 12.3. The van der Waals surface area contributed by atoms with Gasteiger partial charge in [-0.25, -0.2) is 0 Å². The Balaban J connectivity index is 4.21. The first-order valence-corrected chi connectivity index (χ1v) is 7.16. The van der Waals surface area contributed by atoms with E-state index in [0.29, 0.717) is 0 Å². The largest absolute Gasteiger partial charge is 0.0828 e. The number of allylic oxidation sites excluding steroid dienone is 2. The highest BCUT2D eigenvalue weighted by Crippen LogP contribution is 2.27. The molecule has 0 nitrogen and oxygen atoms in total. The van der Waals surface area contributed by atoms with Gasteiger partial charge >= 0.3 is 0 Å². The molecular formula is C16H32. The van der Waals surface area contributed by atoms with Gasteiger partial charge in [-0.1, -0.05) is 58.6 Å². The summed E-state index contributed by atoms with van der Waals surface area (Å²) in [7, 11) is 0. The summed E-state index contributed by atoms with van der Waals surface area (Å²) in [6.07, 6.45) is 9.23. The lowest BCUT2D eigenvalue weighted by molar-refractivity contribution is 0.303. The minimum absolute atomic E-state index is 0.810. The Morgan fingerprint density at radius 1 is 0.938 bits per heavy atom. The molecule has 0 saturated carbocycles. The van der Waals surface area contributed by atoms with Crippen molar-refractivity contribution in [1.29, 1.82) is 0 Å². The van der Waals surface area contributed by atoms with E-state index in [4.69, 9.17) is 0 Å². The lowest BCUT2D eigenvalue weighted by Gasteiger charge is -2.23. The van der Waals surface area contributed by atoms with Gasteiger partial charge in [0.05, 0.1) is 0 Å². The molecule has 0 heteroatoms. The molecule has 0 aromatic carbocycles. The van der Waals surface area contributed by atoms with E-state index < -0.39 is 0 Å². The molecule has 0 bridgehead atoms. The highest BCUT2D eigenvalue weighted by Gasteiger charge is 2.15. The van der Waals surface area contributed by atoms with E-state index in [-0.39, 0.29) is 0 Å². The van der Waals surface area contributed by atoms with Crippen LogP contribution in [0.25, 0.3) is 0 Å². The third-order valence-corrected chi connectivity index (χ3v) is 3.62. The molecule has 3 atom stereocenters. The molecule has 0 spiro atoms. The molecule has 0 aromatic heterocycles. The van der Waals surface area contributed by atoms with E-state index >= 15 is 0 Å². The molecule has 0 N–H and O–H groups in total. The van der Waals surface area contributed by atoms with Crippen molar-refractivity contribution in [3.05, 3.63) is 11.6 Å². The van der Waals surface area contributed by atoms with Crippen LogP contribution in [0.2, 0.25) is 0 Å². The quantitative estimate of drug-likeness (QED) is 0.455. The summed E-state index contributed by atoms with van der Waals surface area (Å²) in [5, 5.41) is 0. The first kappa shape index (κ1) is 15.7. The fraction of sp³-hybridized carbons (Fsp3) is 0.875. The van der Waals surface area contributed by atoms with Crippen LogP contribution in [-0.4, -0.2) is 0 Å². The second-order valence-corrected chi connectivity index (χ2v) is 5.77. The summed E-state index contributed by atoms with van der Waals surface area (Å²) >= 11 is 0. The normalized spacial score (nSPS) is 16.6. The summed E-state index contributed by atoms with van der Waals surface area (Å²) in [4.78, 5) is 0. The highest BCUT2D eigenvalue weighted by molar-refractivity contribution is 4.97. The molecule has 0 saturated heterocycles. The predicted molar refractivity (Wildman–Crippen MR) is 75.7 cm³/mol. The number of hydrogen-bond acceptors (Lipinski definition) is 0. The standard InChI is InChI=1S/C16H32/c1-7-9-14(5)15(6)12-16(10-8-2)11-13(3)4/h11,14-16H,7-10,12H2,1-6H3. The zero-order chi connectivity index (χ0) is 12.6. The molecule has 16 heavy (non-hydrogen) atoms. The van der Waals surface area contributed by atoms with Crippen molar-refractivity contribution in [2.45, 2.75) is 73.6 Å². The SMILES string of the molecule is CCCC(C=C(C)C)CC(C)C(C)CCC. The van der Waals surface area contributed by atoms with Gasteiger partial charge in [0.25, 0.3) is 0 Å². The summed E-state index contributed by atoms with van der Waals surface area (Å²) in [5.41, 5.74) is 1.48. The fourth-order valence-electron chi connectivity index (χ4n) is 2.56. The van der Waals surface area contributed by atoms with Crippen LogP contribution in [0.4, 0.5) is 0 Å². The Kier molecular flexibility index (Phi) is 8.70. The van der Waals surface area contributed by atoms with E-state index in [9.17, 15) is 0 Å². The van der Waals surface area contributed by atoms with Crippen LogP contribution >= 0.6 is 0 Å². The predicted octanol–water partition coefficient (Wildman–Crippen LogP) is 5.83. The van der Waals surface area contributed by atoms with Crippen molar-refractivity contribution < 1.29 is 0 Å². The monoisotopic (exact) mass is 224 g/mol. The highest BCUT2D eigenvalue weighted by atomic mass is 14.2. The third kappa shape index (κ3) is 7.09. The molecule has 0 rings (SSSR count). The van der Waals surface area contributed by atoms with Gasteiger partial charge in [-0.2, -0.15) is 0 Å². The molecule has 0 heterocycles. The van der Waals surface area contributed by atoms with E-state index in [0.717, 1.165) is 17.8 Å². The summed E-state index contributed by atoms with van der Waals surface area (Å²) < 4.78 is 0. The van der Waals surface area contributed by atoms with Crippen molar-refractivity contribution in [3.63, 3.8) is 0 Å². The maximum atomic E-state index is 2.48. The first-order chi connectivity index (χ1) is 7.51. The van der Waals surface area contributed by atoms with Gasteiger partial charge in [0, 0.05) is 0 Å². The van der Waals surface area contributed by atoms with Crippen molar-refractivity contribution in [3.8, 4) is 0 Å². The van der Waals surface area contributed by atoms with Crippen molar-refractivity contribution in [1.82, 2.24) is 0 Å². The van der Waals surface area contributed by atoms with Gasteiger partial charge < -0.3 is 0 Å². The topological polar surface area (TPSA) is 0 Å². The van der Waals surface area contributed by atoms with Gasteiger partial charge in [-0.3, -0.25) is 0 Å². The van der Waals surface area contributed by atoms with E-state index in [1.165, 1.54) is 37.7 Å². The van der Waals surface area contributed by atoms with Gasteiger partial charge in [0.1, 0.15) is 0 Å². The summed E-state index contributed by atoms with van der Waals surface area (Å²) in [6, 6.07) is 0.